The summed E-state index contributed by atoms with van der Waals surface area (Å²) in [6.07, 6.45) is 0. The molecule has 2 aromatic carbocycles. The Labute approximate surface area is 367 Å². The lowest BCUT2D eigenvalue weighted by atomic mass is 10.1. The highest BCUT2D eigenvalue weighted by Crippen LogP contribution is 2.41. The molecule has 1 unspecified atom stereocenters. The predicted molar refractivity (Wildman–Crippen MR) is 220 cm³/mol. The minimum atomic E-state index is -4.15. The van der Waals surface area contributed by atoms with Crippen molar-refractivity contribution in [2.45, 2.75) is 27.7 Å². The number of carboxylic acid groups (broad SMARTS) is 5. The van der Waals surface area contributed by atoms with Crippen LogP contribution in [0.25, 0.3) is 0 Å². The van der Waals surface area contributed by atoms with Crippen LogP contribution in [0, 0.1) is 5.92 Å². The number of esters is 2. The van der Waals surface area contributed by atoms with Gasteiger partial charge in [-0.15, -0.1) is 0 Å². The number of methoxy groups -OCH3 is 2. The molecule has 8 N–H and O–H groups in total. The Morgan fingerprint density at radius 2 is 0.953 bits per heavy atom. The zero-order chi connectivity index (χ0) is 51.6. The van der Waals surface area contributed by atoms with Gasteiger partial charge in [-0.25, -0.2) is 23.7 Å². The molecule has 0 amide bonds. The second-order valence-electron chi connectivity index (χ2n) is 10.5. The van der Waals surface area contributed by atoms with E-state index in [1.54, 1.807) is 6.07 Å². The molecule has 0 spiro atoms. The van der Waals surface area contributed by atoms with E-state index in [0.29, 0.717) is 5.75 Å². The molecule has 1 aliphatic rings. The van der Waals surface area contributed by atoms with Gasteiger partial charge in [0.1, 0.15) is 11.5 Å². The monoisotopic (exact) mass is 988 g/mol. The highest BCUT2D eigenvalue weighted by Gasteiger charge is 2.29. The van der Waals surface area contributed by atoms with Gasteiger partial charge < -0.3 is 77.5 Å². The average Bonchev–Trinajstić information content (AvgIpc) is 3.51. The number of phosphoric acid groups is 1. The van der Waals surface area contributed by atoms with Gasteiger partial charge in [0.05, 0.1) is 22.3 Å². The van der Waals surface area contributed by atoms with Crippen LogP contribution in [0.2, 0.25) is 0 Å². The molecule has 1 aliphatic heterocycles. The molecule has 0 bridgehead atoms. The molecule has 27 nitrogen and oxygen atoms in total. The molecule has 1 heterocycles. The lowest BCUT2D eigenvalue weighted by molar-refractivity contribution is -0.153. The van der Waals surface area contributed by atoms with Gasteiger partial charge in [-0.05, 0) is 43.3 Å². The third kappa shape index (κ3) is 37.4. The number of hydrogen-bond acceptors (Lipinski definition) is 19. The first-order valence-corrected chi connectivity index (χ1v) is 22.4. The van der Waals surface area contributed by atoms with Crippen LogP contribution in [-0.4, -0.2) is 152 Å². The summed E-state index contributed by atoms with van der Waals surface area (Å²) in [4.78, 5) is 95.9. The van der Waals surface area contributed by atoms with Crippen LogP contribution >= 0.6 is 23.0 Å². The molecule has 30 heteroatoms. The summed E-state index contributed by atoms with van der Waals surface area (Å²) in [5.41, 5.74) is -0.100. The Balaban J connectivity index is -0.000000222. The molecular weight excluding hydrogens is 933 g/mol. The Morgan fingerprint density at radius 1 is 0.609 bits per heavy atom. The molecule has 0 radical (unpaired) electrons. The zero-order valence-electron chi connectivity index (χ0n) is 36.6. The third-order valence-electron chi connectivity index (χ3n) is 5.74. The molecule has 0 saturated carbocycles. The second kappa shape index (κ2) is 36.2. The number of aliphatic carboxylic acids is 3. The molecule has 0 aliphatic carbocycles. The number of phosphoric ester groups is 1. The van der Waals surface area contributed by atoms with Gasteiger partial charge in [0.15, 0.2) is 19.5 Å². The fourth-order valence-electron chi connectivity index (χ4n) is 2.56. The summed E-state index contributed by atoms with van der Waals surface area (Å²) >= 11 is 0. The first-order chi connectivity index (χ1) is 29.3. The number of benzene rings is 2. The second-order valence-corrected chi connectivity index (χ2v) is 16.1. The molecule has 368 valence electrons. The first-order valence-electron chi connectivity index (χ1n) is 16.9. The van der Waals surface area contributed by atoms with E-state index >= 15 is 0 Å². The Morgan fingerprint density at radius 3 is 1.22 bits per heavy atom. The van der Waals surface area contributed by atoms with E-state index in [4.69, 9.17) is 59.2 Å². The van der Waals surface area contributed by atoms with Crippen LogP contribution < -0.4 is 9.47 Å². The van der Waals surface area contributed by atoms with Crippen molar-refractivity contribution < 1.29 is 129 Å². The van der Waals surface area contributed by atoms with Crippen LogP contribution in [0.15, 0.2) is 36.4 Å². The molecule has 1 atom stereocenters. The van der Waals surface area contributed by atoms with E-state index in [1.807, 2.05) is 13.8 Å². The molecule has 3 rings (SSSR count). The minimum Gasteiger partial charge on any atom is -0.481 e. The van der Waals surface area contributed by atoms with Gasteiger partial charge in [-0.1, -0.05) is 13.8 Å². The molecule has 64 heavy (non-hydrogen) atoms. The predicted octanol–water partition coefficient (Wildman–Crippen LogP) is 4.23. The highest BCUT2D eigenvalue weighted by molar-refractivity contribution is 7.53. The number of fused-ring (bicyclic) bond motifs is 1. The maximum Gasteiger partial charge on any atom is 0.469 e. The van der Waals surface area contributed by atoms with Crippen molar-refractivity contribution in [2.75, 3.05) is 69.6 Å². The summed E-state index contributed by atoms with van der Waals surface area (Å²) in [6.45, 7) is 8.79. The van der Waals surface area contributed by atoms with Crippen LogP contribution in [0.1, 0.15) is 69.1 Å². The smallest absolute Gasteiger partial charge is 0.469 e. The summed E-state index contributed by atoms with van der Waals surface area (Å²) in [5.74, 6) is -7.92. The summed E-state index contributed by atoms with van der Waals surface area (Å²) in [7, 11) is -2.19. The van der Waals surface area contributed by atoms with E-state index in [2.05, 4.69) is 27.6 Å². The Bertz CT molecular complexity index is 1860. The standard InChI is InChI=1S/C10H10O6.C10H8O5.C4H6O4.C3H9O3P.C2H7O3P.C2H4O2.C2H6.CH5O4P/c1-15-5-16-6-2-3-7(9(11)12)8(4-6)10(13)14;1-13-5-14-6-2-3-7-8(4-6)10(12)15-9(7)11;1-2(3(5)6)4(7)8;1-5-7(3,4)6-2;1-5-6(2,3)4;1-2(3)4;1-2;1-5-6(2,3)4/h2-4H,5H2,1H3,(H,11,12)(H,13,14);2-4H,5H2,1H3;2H,1H3,(H,5,6)(H,7,8);1-3H3;1-2H3,(H,3,4);1H3,(H,3,4);1-2H3;1H3,(H2,2,3,4). The van der Waals surface area contributed by atoms with E-state index in [9.17, 15) is 42.5 Å². The fraction of sp³-hybridized carbons (Fsp3) is 0.441. The number of hydrogen-bond donors (Lipinski definition) is 8. The van der Waals surface area contributed by atoms with Crippen molar-refractivity contribution in [3.05, 3.63) is 58.7 Å². The van der Waals surface area contributed by atoms with Crippen LogP contribution in [0.3, 0.4) is 0 Å². The number of carbonyl (C=O) groups is 7. The lowest BCUT2D eigenvalue weighted by Crippen LogP contribution is -2.19. The van der Waals surface area contributed by atoms with Gasteiger partial charge in [-0.2, -0.15) is 0 Å². The molecular formula is C34H55O27P3. The van der Waals surface area contributed by atoms with Crippen molar-refractivity contribution in [3.8, 4) is 11.5 Å². The normalized spacial score (nSPS) is 11.6. The molecule has 0 saturated heterocycles. The Kier molecular flexibility index (Phi) is 38.4. The minimum absolute atomic E-state index is 0.0362. The summed E-state index contributed by atoms with van der Waals surface area (Å²) in [6, 6.07) is 8.23. The number of ether oxygens (including phenoxy) is 5. The van der Waals surface area contributed by atoms with Gasteiger partial charge in [0.25, 0.3) is 5.97 Å². The van der Waals surface area contributed by atoms with E-state index < -0.39 is 70.7 Å². The third-order valence-corrected chi connectivity index (χ3v) is 8.22. The maximum atomic E-state index is 11.2. The molecule has 2 aromatic rings. The molecule has 0 fully saturated rings. The Hall–Kier alpha value is -5.14. The zero-order valence-corrected chi connectivity index (χ0v) is 39.3. The number of rotatable bonds is 14. The number of cyclic esters (lactones) is 2. The topological polar surface area (TPSA) is 416 Å². The average molecular weight is 989 g/mol. The van der Waals surface area contributed by atoms with Crippen molar-refractivity contribution >= 4 is 64.8 Å². The first kappa shape index (κ1) is 67.9. The maximum absolute atomic E-state index is 11.2. The quantitative estimate of drug-likeness (QED) is 0.0568. The van der Waals surface area contributed by atoms with Crippen molar-refractivity contribution in [3.63, 3.8) is 0 Å². The molecule has 0 aromatic heterocycles. The van der Waals surface area contributed by atoms with Gasteiger partial charge in [-0.3, -0.25) is 28.0 Å². The highest BCUT2D eigenvalue weighted by atomic mass is 31.2. The van der Waals surface area contributed by atoms with E-state index in [0.717, 1.165) is 33.7 Å². The number of carboxylic acids is 5. The van der Waals surface area contributed by atoms with Gasteiger partial charge >= 0.3 is 58.8 Å². The van der Waals surface area contributed by atoms with Gasteiger partial charge in [0, 0.05) is 62.9 Å². The summed E-state index contributed by atoms with van der Waals surface area (Å²) in [5, 5.41) is 40.9. The van der Waals surface area contributed by atoms with Crippen LogP contribution in [0.4, 0.5) is 0 Å². The van der Waals surface area contributed by atoms with Crippen molar-refractivity contribution in [1.82, 2.24) is 0 Å². The van der Waals surface area contributed by atoms with Crippen molar-refractivity contribution in [2.24, 2.45) is 5.92 Å². The number of carbonyl (C=O) groups excluding carboxylic acids is 2. The van der Waals surface area contributed by atoms with E-state index in [1.165, 1.54) is 66.5 Å². The summed E-state index contributed by atoms with van der Waals surface area (Å²) < 4.78 is 70.3. The fourth-order valence-corrected chi connectivity index (χ4v) is 2.71. The largest absolute Gasteiger partial charge is 0.481 e. The van der Waals surface area contributed by atoms with Crippen molar-refractivity contribution in [1.29, 1.82) is 0 Å². The van der Waals surface area contributed by atoms with Gasteiger partial charge in [0.2, 0.25) is 0 Å². The van der Waals surface area contributed by atoms with E-state index in [-0.39, 0.29) is 41.6 Å². The lowest BCUT2D eigenvalue weighted by Gasteiger charge is -2.07. The van der Waals surface area contributed by atoms with Crippen LogP contribution in [-0.2, 0) is 60.4 Å². The number of aromatic carboxylic acids is 2. The van der Waals surface area contributed by atoms with Crippen LogP contribution in [0.5, 0.6) is 11.5 Å². The SMILES string of the molecule is CC.CC(=O)O.CC(C(=O)O)C(=O)O.COCOc1ccc(C(=O)O)c(C(=O)O)c1.COCOc1ccc2c(c1)C(=O)OC2=O.COP(=O)(O)O.COP(C)(=O)O.COP(C)(=O)OC.